The lowest BCUT2D eigenvalue weighted by Crippen LogP contribution is -1.96. The highest BCUT2D eigenvalue weighted by Gasteiger charge is 2.29. The van der Waals surface area contributed by atoms with Crippen molar-refractivity contribution in [1.29, 1.82) is 0 Å². The van der Waals surface area contributed by atoms with Crippen molar-refractivity contribution in [3.05, 3.63) is 12.0 Å². The number of nitrogen functional groups attached to an aromatic ring is 1. The van der Waals surface area contributed by atoms with Crippen molar-refractivity contribution < 1.29 is 0 Å². The summed E-state index contributed by atoms with van der Waals surface area (Å²) >= 11 is 0. The molecule has 1 fully saturated rings. The van der Waals surface area contributed by atoms with Gasteiger partial charge < -0.3 is 5.73 Å². The van der Waals surface area contributed by atoms with E-state index in [4.69, 9.17) is 5.73 Å². The van der Waals surface area contributed by atoms with E-state index < -0.39 is 0 Å². The van der Waals surface area contributed by atoms with Crippen molar-refractivity contribution in [3.8, 4) is 11.4 Å². The van der Waals surface area contributed by atoms with Crippen molar-refractivity contribution in [2.24, 2.45) is 7.05 Å². The van der Waals surface area contributed by atoms with E-state index in [1.807, 2.05) is 7.05 Å². The predicted molar refractivity (Wildman–Crippen MR) is 55.0 cm³/mol. The molecule has 2 aromatic heterocycles. The normalized spacial score (nSPS) is 15.8. The molecule has 0 amide bonds. The highest BCUT2D eigenvalue weighted by atomic mass is 15.3. The van der Waals surface area contributed by atoms with Gasteiger partial charge in [-0.2, -0.15) is 10.2 Å². The molecule has 0 aliphatic heterocycles. The van der Waals surface area contributed by atoms with E-state index in [1.54, 1.807) is 10.9 Å². The van der Waals surface area contributed by atoms with Crippen LogP contribution < -0.4 is 5.73 Å². The lowest BCUT2D eigenvalue weighted by atomic mass is 10.3. The number of H-pyrrole nitrogens is 1. The summed E-state index contributed by atoms with van der Waals surface area (Å²) in [7, 11) is 1.88. The van der Waals surface area contributed by atoms with E-state index >= 15 is 0 Å². The average molecular weight is 204 g/mol. The monoisotopic (exact) mass is 204 g/mol. The van der Waals surface area contributed by atoms with Gasteiger partial charge in [0.15, 0.2) is 11.6 Å². The Morgan fingerprint density at radius 1 is 1.53 bits per heavy atom. The molecule has 0 atom stereocenters. The quantitative estimate of drug-likeness (QED) is 0.752. The molecular formula is C9H12N6. The molecular weight excluding hydrogens is 192 g/mol. The SMILES string of the molecule is Cn1nc(C2CC2)nc1-c1cn[nH]c1N. The van der Waals surface area contributed by atoms with Crippen LogP contribution in [0.3, 0.4) is 0 Å². The number of anilines is 1. The maximum absolute atomic E-state index is 5.74. The number of aryl methyl sites for hydroxylation is 1. The van der Waals surface area contributed by atoms with Crippen LogP contribution in [-0.4, -0.2) is 25.0 Å². The molecule has 0 saturated heterocycles. The molecule has 3 N–H and O–H groups in total. The summed E-state index contributed by atoms with van der Waals surface area (Å²) in [5, 5.41) is 11.0. The first-order valence-corrected chi connectivity index (χ1v) is 4.96. The number of nitrogens with one attached hydrogen (secondary N) is 1. The first-order valence-electron chi connectivity index (χ1n) is 4.96. The van der Waals surface area contributed by atoms with E-state index in [-0.39, 0.29) is 0 Å². The zero-order valence-electron chi connectivity index (χ0n) is 8.44. The third-order valence-electron chi connectivity index (χ3n) is 2.63. The number of hydrogen-bond acceptors (Lipinski definition) is 4. The van der Waals surface area contributed by atoms with Crippen molar-refractivity contribution in [2.45, 2.75) is 18.8 Å². The minimum atomic E-state index is 0.535. The fraction of sp³-hybridized carbons (Fsp3) is 0.444. The molecule has 1 aliphatic rings. The average Bonchev–Trinajstić information content (AvgIpc) is 2.87. The first kappa shape index (κ1) is 8.46. The number of nitrogens with two attached hydrogens (primary N) is 1. The second kappa shape index (κ2) is 2.82. The number of nitrogens with zero attached hydrogens (tertiary/aromatic N) is 4. The van der Waals surface area contributed by atoms with Crippen LogP contribution >= 0.6 is 0 Å². The van der Waals surface area contributed by atoms with Gasteiger partial charge in [0.25, 0.3) is 0 Å². The van der Waals surface area contributed by atoms with Gasteiger partial charge in [-0.15, -0.1) is 0 Å². The Hall–Kier alpha value is -1.85. The van der Waals surface area contributed by atoms with Gasteiger partial charge in [-0.1, -0.05) is 0 Å². The molecule has 0 bridgehead atoms. The maximum atomic E-state index is 5.74. The summed E-state index contributed by atoms with van der Waals surface area (Å²) < 4.78 is 1.76. The summed E-state index contributed by atoms with van der Waals surface area (Å²) in [5.41, 5.74) is 6.56. The topological polar surface area (TPSA) is 85.4 Å². The van der Waals surface area contributed by atoms with Crippen molar-refractivity contribution >= 4 is 5.82 Å². The van der Waals surface area contributed by atoms with Crippen molar-refractivity contribution in [2.75, 3.05) is 5.73 Å². The largest absolute Gasteiger partial charge is 0.383 e. The smallest absolute Gasteiger partial charge is 0.163 e. The standard InChI is InChI=1S/C9H12N6/c1-15-9(6-4-11-13-7(6)10)12-8(14-15)5-2-3-5/h4-5H,2-3H2,1H3,(H3,10,11,13). The molecule has 3 rings (SSSR count). The van der Waals surface area contributed by atoms with Crippen LogP contribution in [0.4, 0.5) is 5.82 Å². The van der Waals surface area contributed by atoms with Crippen molar-refractivity contribution in [3.63, 3.8) is 0 Å². The molecule has 78 valence electrons. The van der Waals surface area contributed by atoms with Crippen LogP contribution in [0.5, 0.6) is 0 Å². The molecule has 1 saturated carbocycles. The second-order valence-electron chi connectivity index (χ2n) is 3.89. The van der Waals surface area contributed by atoms with E-state index in [0.29, 0.717) is 11.7 Å². The van der Waals surface area contributed by atoms with E-state index in [2.05, 4.69) is 20.3 Å². The zero-order valence-corrected chi connectivity index (χ0v) is 8.44. The van der Waals surface area contributed by atoms with Crippen LogP contribution in [0.25, 0.3) is 11.4 Å². The molecule has 0 radical (unpaired) electrons. The van der Waals surface area contributed by atoms with E-state index in [1.165, 1.54) is 12.8 Å². The Balaban J connectivity index is 2.07. The van der Waals surface area contributed by atoms with Crippen LogP contribution in [0.1, 0.15) is 24.6 Å². The number of aromatic nitrogens is 5. The lowest BCUT2D eigenvalue weighted by molar-refractivity contribution is 0.750. The number of rotatable bonds is 2. The molecule has 0 unspecified atom stereocenters. The lowest BCUT2D eigenvalue weighted by Gasteiger charge is -1.95. The molecule has 2 aromatic rings. The van der Waals surface area contributed by atoms with E-state index in [0.717, 1.165) is 17.2 Å². The Morgan fingerprint density at radius 2 is 2.33 bits per heavy atom. The van der Waals surface area contributed by atoms with Gasteiger partial charge in [0.05, 0.1) is 11.8 Å². The van der Waals surface area contributed by atoms with Crippen molar-refractivity contribution in [1.82, 2.24) is 25.0 Å². The summed E-state index contributed by atoms with van der Waals surface area (Å²) in [6, 6.07) is 0. The Kier molecular flexibility index (Phi) is 1.59. The summed E-state index contributed by atoms with van der Waals surface area (Å²) in [4.78, 5) is 4.49. The van der Waals surface area contributed by atoms with Gasteiger partial charge in [-0.05, 0) is 12.8 Å². The number of aromatic amines is 1. The fourth-order valence-electron chi connectivity index (χ4n) is 1.63. The molecule has 0 spiro atoms. The highest BCUT2D eigenvalue weighted by molar-refractivity contribution is 5.67. The predicted octanol–water partition coefficient (Wildman–Crippen LogP) is 0.665. The van der Waals surface area contributed by atoms with Gasteiger partial charge in [0.1, 0.15) is 5.82 Å². The van der Waals surface area contributed by atoms with Gasteiger partial charge in [0, 0.05) is 13.0 Å². The Morgan fingerprint density at radius 3 is 2.93 bits per heavy atom. The highest BCUT2D eigenvalue weighted by Crippen LogP contribution is 2.38. The fourth-order valence-corrected chi connectivity index (χ4v) is 1.63. The van der Waals surface area contributed by atoms with E-state index in [9.17, 15) is 0 Å². The molecule has 0 aromatic carbocycles. The second-order valence-corrected chi connectivity index (χ2v) is 3.89. The minimum absolute atomic E-state index is 0.535. The Labute approximate surface area is 86.5 Å². The molecule has 6 heteroatoms. The van der Waals surface area contributed by atoms with Gasteiger partial charge in [0.2, 0.25) is 0 Å². The van der Waals surface area contributed by atoms with Gasteiger partial charge in [-0.25, -0.2) is 9.67 Å². The van der Waals surface area contributed by atoms with Gasteiger partial charge >= 0.3 is 0 Å². The molecule has 2 heterocycles. The van der Waals surface area contributed by atoms with Crippen LogP contribution in [0, 0.1) is 0 Å². The third-order valence-corrected chi connectivity index (χ3v) is 2.63. The summed E-state index contributed by atoms with van der Waals surface area (Å²) in [5.74, 6) is 2.79. The molecule has 15 heavy (non-hydrogen) atoms. The van der Waals surface area contributed by atoms with Crippen LogP contribution in [0.15, 0.2) is 6.20 Å². The van der Waals surface area contributed by atoms with Gasteiger partial charge in [-0.3, -0.25) is 5.10 Å². The third kappa shape index (κ3) is 1.29. The zero-order chi connectivity index (χ0) is 10.4. The maximum Gasteiger partial charge on any atom is 0.163 e. The minimum Gasteiger partial charge on any atom is -0.383 e. The van der Waals surface area contributed by atoms with Crippen LogP contribution in [0.2, 0.25) is 0 Å². The summed E-state index contributed by atoms with van der Waals surface area (Å²) in [6.45, 7) is 0. The molecule has 1 aliphatic carbocycles. The Bertz CT molecular complexity index is 492. The number of hydrogen-bond donors (Lipinski definition) is 2. The first-order chi connectivity index (χ1) is 7.25. The van der Waals surface area contributed by atoms with Crippen LogP contribution in [-0.2, 0) is 7.05 Å². The molecule has 6 nitrogen and oxygen atoms in total. The summed E-state index contributed by atoms with van der Waals surface area (Å²) in [6.07, 6.45) is 4.07.